The SMILES string of the molecule is CC.COC(=O)c1sc2c(OCc3ccccc3)cccc2c1Cl. The maximum atomic E-state index is 11.8. The molecular formula is C19H19ClO3S. The quantitative estimate of drug-likeness (QED) is 0.538. The molecule has 2 aromatic carbocycles. The molecule has 5 heteroatoms. The van der Waals surface area contributed by atoms with Crippen molar-refractivity contribution in [2.24, 2.45) is 0 Å². The number of carbonyl (C=O) groups is 1. The lowest BCUT2D eigenvalue weighted by Crippen LogP contribution is -1.97. The number of ether oxygens (including phenoxy) is 2. The van der Waals surface area contributed by atoms with Crippen LogP contribution in [0.2, 0.25) is 5.02 Å². The zero-order chi connectivity index (χ0) is 17.5. The molecule has 1 heterocycles. The van der Waals surface area contributed by atoms with Gasteiger partial charge in [-0.1, -0.05) is 67.9 Å². The van der Waals surface area contributed by atoms with Crippen LogP contribution in [0.25, 0.3) is 10.1 Å². The highest BCUT2D eigenvalue weighted by Crippen LogP contribution is 2.40. The second kappa shape index (κ2) is 8.71. The number of carbonyl (C=O) groups excluding carboxylic acids is 1. The molecule has 0 N–H and O–H groups in total. The first-order valence-corrected chi connectivity index (χ1v) is 8.86. The first kappa shape index (κ1) is 18.3. The van der Waals surface area contributed by atoms with E-state index in [1.54, 1.807) is 0 Å². The van der Waals surface area contributed by atoms with Crippen LogP contribution in [-0.2, 0) is 11.3 Å². The third-order valence-corrected chi connectivity index (χ3v) is 4.93. The molecule has 0 aliphatic carbocycles. The molecule has 3 rings (SSSR count). The summed E-state index contributed by atoms with van der Waals surface area (Å²) in [7, 11) is 1.34. The number of hydrogen-bond donors (Lipinski definition) is 0. The van der Waals surface area contributed by atoms with Crippen LogP contribution in [0.15, 0.2) is 48.5 Å². The van der Waals surface area contributed by atoms with E-state index in [2.05, 4.69) is 0 Å². The Bertz CT molecular complexity index is 812. The summed E-state index contributed by atoms with van der Waals surface area (Å²) in [4.78, 5) is 12.2. The van der Waals surface area contributed by atoms with E-state index in [1.807, 2.05) is 62.4 Å². The van der Waals surface area contributed by atoms with Crippen molar-refractivity contribution in [3.05, 3.63) is 64.0 Å². The first-order chi connectivity index (χ1) is 11.7. The molecule has 0 saturated carbocycles. The van der Waals surface area contributed by atoms with Gasteiger partial charge in [-0.2, -0.15) is 0 Å². The van der Waals surface area contributed by atoms with Gasteiger partial charge in [-0.25, -0.2) is 4.79 Å². The average molecular weight is 363 g/mol. The number of fused-ring (bicyclic) bond motifs is 1. The topological polar surface area (TPSA) is 35.5 Å². The van der Waals surface area contributed by atoms with Crippen LogP contribution in [0, 0.1) is 0 Å². The number of hydrogen-bond acceptors (Lipinski definition) is 4. The van der Waals surface area contributed by atoms with E-state index in [0.29, 0.717) is 22.3 Å². The van der Waals surface area contributed by atoms with Crippen LogP contribution in [0.3, 0.4) is 0 Å². The molecule has 0 bridgehead atoms. The predicted molar refractivity (Wildman–Crippen MR) is 100 cm³/mol. The molecule has 0 fully saturated rings. The van der Waals surface area contributed by atoms with Crippen LogP contribution in [0.5, 0.6) is 5.75 Å². The van der Waals surface area contributed by atoms with E-state index in [4.69, 9.17) is 21.1 Å². The van der Waals surface area contributed by atoms with Gasteiger partial charge in [-0.05, 0) is 11.6 Å². The van der Waals surface area contributed by atoms with E-state index in [-0.39, 0.29) is 0 Å². The molecule has 126 valence electrons. The van der Waals surface area contributed by atoms with Crippen molar-refractivity contribution in [3.8, 4) is 5.75 Å². The van der Waals surface area contributed by atoms with Crippen LogP contribution in [-0.4, -0.2) is 13.1 Å². The summed E-state index contributed by atoms with van der Waals surface area (Å²) in [5, 5.41) is 1.22. The van der Waals surface area contributed by atoms with Crippen molar-refractivity contribution in [1.29, 1.82) is 0 Å². The molecule has 24 heavy (non-hydrogen) atoms. The van der Waals surface area contributed by atoms with Gasteiger partial charge in [0.25, 0.3) is 0 Å². The van der Waals surface area contributed by atoms with Gasteiger partial charge in [-0.15, -0.1) is 11.3 Å². The second-order valence-electron chi connectivity index (χ2n) is 4.64. The number of halogens is 1. The zero-order valence-corrected chi connectivity index (χ0v) is 15.4. The van der Waals surface area contributed by atoms with E-state index in [0.717, 1.165) is 15.6 Å². The lowest BCUT2D eigenvalue weighted by Gasteiger charge is -2.07. The monoisotopic (exact) mass is 362 g/mol. The molecule has 0 aliphatic heterocycles. The minimum absolute atomic E-state index is 0.398. The molecule has 0 radical (unpaired) electrons. The van der Waals surface area contributed by atoms with Crippen LogP contribution >= 0.6 is 22.9 Å². The number of benzene rings is 2. The van der Waals surface area contributed by atoms with Gasteiger partial charge in [0.05, 0.1) is 16.8 Å². The molecule has 0 unspecified atom stereocenters. The van der Waals surface area contributed by atoms with E-state index in [1.165, 1.54) is 18.4 Å². The molecule has 0 atom stereocenters. The van der Waals surface area contributed by atoms with Gasteiger partial charge in [0.15, 0.2) is 0 Å². The highest BCUT2D eigenvalue weighted by Gasteiger charge is 2.19. The fourth-order valence-corrected chi connectivity index (χ4v) is 3.62. The van der Waals surface area contributed by atoms with Gasteiger partial charge < -0.3 is 9.47 Å². The van der Waals surface area contributed by atoms with Gasteiger partial charge in [-0.3, -0.25) is 0 Å². The molecule has 0 amide bonds. The predicted octanol–water partition coefficient (Wildman–Crippen LogP) is 5.95. The van der Waals surface area contributed by atoms with E-state index >= 15 is 0 Å². The molecule has 3 nitrogen and oxygen atoms in total. The fraction of sp³-hybridized carbons (Fsp3) is 0.211. The Labute approximate surface area is 150 Å². The van der Waals surface area contributed by atoms with Crippen molar-refractivity contribution in [3.63, 3.8) is 0 Å². The maximum Gasteiger partial charge on any atom is 0.349 e. The standard InChI is InChI=1S/C17H13ClO3S.C2H6/c1-20-17(19)16-14(18)12-8-5-9-13(15(12)22-16)21-10-11-6-3-2-4-7-11;1-2/h2-9H,10H2,1H3;1-2H3. The van der Waals surface area contributed by atoms with Crippen LogP contribution < -0.4 is 4.74 Å². The number of methoxy groups -OCH3 is 1. The number of rotatable bonds is 4. The fourth-order valence-electron chi connectivity index (χ4n) is 2.14. The largest absolute Gasteiger partial charge is 0.487 e. The summed E-state index contributed by atoms with van der Waals surface area (Å²) in [5.74, 6) is 0.281. The summed E-state index contributed by atoms with van der Waals surface area (Å²) in [6.45, 7) is 4.46. The van der Waals surface area contributed by atoms with E-state index in [9.17, 15) is 4.79 Å². The van der Waals surface area contributed by atoms with Gasteiger partial charge in [0, 0.05) is 5.39 Å². The van der Waals surface area contributed by atoms with Gasteiger partial charge >= 0.3 is 5.97 Å². The molecule has 0 saturated heterocycles. The molecule has 0 spiro atoms. The van der Waals surface area contributed by atoms with Crippen LogP contribution in [0.4, 0.5) is 0 Å². The third-order valence-electron chi connectivity index (χ3n) is 3.23. The summed E-state index contributed by atoms with van der Waals surface area (Å²) in [6, 6.07) is 15.5. The smallest absolute Gasteiger partial charge is 0.349 e. The minimum atomic E-state index is -0.430. The summed E-state index contributed by atoms with van der Waals surface area (Å²) >= 11 is 7.56. The number of thiophene rings is 1. The third kappa shape index (κ3) is 3.89. The van der Waals surface area contributed by atoms with Gasteiger partial charge in [0.1, 0.15) is 17.2 Å². The Kier molecular flexibility index (Phi) is 6.64. The Morgan fingerprint density at radius 3 is 2.46 bits per heavy atom. The number of esters is 1. The highest BCUT2D eigenvalue weighted by molar-refractivity contribution is 7.22. The summed E-state index contributed by atoms with van der Waals surface area (Å²) in [5.41, 5.74) is 1.08. The Morgan fingerprint density at radius 1 is 1.08 bits per heavy atom. The lowest BCUT2D eigenvalue weighted by molar-refractivity contribution is 0.0606. The van der Waals surface area contributed by atoms with Crippen molar-refractivity contribution in [2.75, 3.05) is 7.11 Å². The van der Waals surface area contributed by atoms with Crippen molar-refractivity contribution < 1.29 is 14.3 Å². The normalized spacial score (nSPS) is 10.0. The average Bonchev–Trinajstić information content (AvgIpc) is 2.99. The zero-order valence-electron chi connectivity index (χ0n) is 13.8. The molecule has 1 aromatic heterocycles. The Balaban J connectivity index is 0.00000100. The van der Waals surface area contributed by atoms with Crippen LogP contribution in [0.1, 0.15) is 29.1 Å². The first-order valence-electron chi connectivity index (χ1n) is 7.66. The molecule has 3 aromatic rings. The minimum Gasteiger partial charge on any atom is -0.487 e. The summed E-state index contributed by atoms with van der Waals surface area (Å²) < 4.78 is 11.5. The maximum absolute atomic E-state index is 11.8. The van der Waals surface area contributed by atoms with Crippen molar-refractivity contribution in [1.82, 2.24) is 0 Å². The van der Waals surface area contributed by atoms with Crippen molar-refractivity contribution in [2.45, 2.75) is 20.5 Å². The van der Waals surface area contributed by atoms with Gasteiger partial charge in [0.2, 0.25) is 0 Å². The highest BCUT2D eigenvalue weighted by atomic mass is 35.5. The second-order valence-corrected chi connectivity index (χ2v) is 6.04. The summed E-state index contributed by atoms with van der Waals surface area (Å²) in [6.07, 6.45) is 0. The Hall–Kier alpha value is -2.04. The van der Waals surface area contributed by atoms with E-state index < -0.39 is 5.97 Å². The van der Waals surface area contributed by atoms with Crippen molar-refractivity contribution >= 4 is 39.0 Å². The molecular weight excluding hydrogens is 344 g/mol. The Morgan fingerprint density at radius 2 is 1.79 bits per heavy atom. The lowest BCUT2D eigenvalue weighted by atomic mass is 10.2. The molecule has 0 aliphatic rings.